The van der Waals surface area contributed by atoms with Crippen molar-refractivity contribution in [1.29, 1.82) is 0 Å². The van der Waals surface area contributed by atoms with E-state index >= 15 is 0 Å². The number of ether oxygens (including phenoxy) is 1. The number of carbonyl (C=O) groups is 2. The topological polar surface area (TPSA) is 99.7 Å². The highest BCUT2D eigenvalue weighted by Gasteiger charge is 2.50. The maximum atomic E-state index is 12.4. The van der Waals surface area contributed by atoms with E-state index in [9.17, 15) is 14.7 Å². The number of nitrogens with one attached hydrogen (secondary N) is 3. The van der Waals surface area contributed by atoms with E-state index in [1.54, 1.807) is 5.57 Å². The Bertz CT molecular complexity index is 1190. The molecule has 8 atom stereocenters. The average molecular weight is 684 g/mol. The van der Waals surface area contributed by atoms with Crippen LogP contribution in [0.2, 0.25) is 0 Å². The first-order valence-electron chi connectivity index (χ1n) is 19.3. The van der Waals surface area contributed by atoms with Crippen molar-refractivity contribution in [1.82, 2.24) is 16.0 Å². The summed E-state index contributed by atoms with van der Waals surface area (Å²) in [7, 11) is 0. The summed E-state index contributed by atoms with van der Waals surface area (Å²) in [4.78, 5) is 23.9. The Morgan fingerprint density at radius 2 is 2.00 bits per heavy atom. The van der Waals surface area contributed by atoms with Gasteiger partial charge in [0.25, 0.3) is 0 Å². The van der Waals surface area contributed by atoms with E-state index in [0.717, 1.165) is 69.5 Å². The third-order valence-electron chi connectivity index (χ3n) is 12.4. The summed E-state index contributed by atoms with van der Waals surface area (Å²) in [5.41, 5.74) is 4.11. The first-order valence-corrected chi connectivity index (χ1v) is 20.3. The van der Waals surface area contributed by atoms with Crippen LogP contribution in [0.5, 0.6) is 0 Å². The lowest BCUT2D eigenvalue weighted by Crippen LogP contribution is -2.36. The Morgan fingerprint density at radius 3 is 2.81 bits per heavy atom. The van der Waals surface area contributed by atoms with Gasteiger partial charge in [0.15, 0.2) is 0 Å². The van der Waals surface area contributed by atoms with Crippen LogP contribution in [-0.4, -0.2) is 65.0 Å². The van der Waals surface area contributed by atoms with Gasteiger partial charge in [-0.25, -0.2) is 4.79 Å². The van der Waals surface area contributed by atoms with Gasteiger partial charge in [-0.3, -0.25) is 4.79 Å². The van der Waals surface area contributed by atoms with Gasteiger partial charge in [0.2, 0.25) is 5.91 Å². The first-order chi connectivity index (χ1) is 22.9. The van der Waals surface area contributed by atoms with Crippen LogP contribution in [0.1, 0.15) is 130 Å². The zero-order valence-electron chi connectivity index (χ0n) is 30.4. The van der Waals surface area contributed by atoms with Gasteiger partial charge in [-0.15, -0.1) is 0 Å². The molecule has 0 bridgehead atoms. The van der Waals surface area contributed by atoms with E-state index in [0.29, 0.717) is 42.1 Å². The molecule has 0 spiro atoms. The molecule has 2 heterocycles. The third-order valence-corrected chi connectivity index (χ3v) is 13.9. The van der Waals surface area contributed by atoms with E-state index < -0.39 is 5.60 Å². The number of urea groups is 1. The maximum Gasteiger partial charge on any atom is 0.315 e. The summed E-state index contributed by atoms with van der Waals surface area (Å²) in [5.74, 6) is 3.28. The molecule has 5 aliphatic rings. The van der Waals surface area contributed by atoms with E-state index in [4.69, 9.17) is 4.74 Å². The van der Waals surface area contributed by atoms with Gasteiger partial charge in [0.05, 0.1) is 23.8 Å². The van der Waals surface area contributed by atoms with Crippen molar-refractivity contribution in [2.45, 2.75) is 159 Å². The predicted molar refractivity (Wildman–Crippen MR) is 198 cm³/mol. The van der Waals surface area contributed by atoms with Gasteiger partial charge in [0, 0.05) is 30.6 Å². The zero-order chi connectivity index (χ0) is 34.3. The second-order valence-electron chi connectivity index (χ2n) is 16.6. The van der Waals surface area contributed by atoms with Gasteiger partial charge < -0.3 is 25.8 Å². The SMILES string of the molecule is C=C1CC[C@H](OCCCNC(=O)CCCC[C@@H]2SC[C@@H]3NC(=O)N[C@@H]32)C/C1=C/C=C1\CCC[C@]2(C)[C@@H]([C@H](C)CCCC(C)(C)O)CC[C@@H]12. The van der Waals surface area contributed by atoms with Crippen LogP contribution in [0.15, 0.2) is 35.5 Å². The summed E-state index contributed by atoms with van der Waals surface area (Å²) in [6.07, 6.45) is 22.1. The average Bonchev–Trinajstić information content (AvgIpc) is 3.70. The Morgan fingerprint density at radius 1 is 1.17 bits per heavy atom. The van der Waals surface area contributed by atoms with Crippen molar-refractivity contribution in [2.24, 2.45) is 23.2 Å². The van der Waals surface area contributed by atoms with E-state index in [2.05, 4.69) is 48.5 Å². The van der Waals surface area contributed by atoms with E-state index in [1.165, 1.54) is 49.7 Å². The molecule has 2 saturated heterocycles. The molecule has 0 radical (unpaired) electrons. The Balaban J connectivity index is 0.991. The van der Waals surface area contributed by atoms with Crippen molar-refractivity contribution >= 4 is 23.7 Å². The third kappa shape index (κ3) is 9.93. The number of thioether (sulfide) groups is 1. The number of amides is 3. The first kappa shape index (κ1) is 37.5. The van der Waals surface area contributed by atoms with Crippen LogP contribution >= 0.6 is 11.8 Å². The van der Waals surface area contributed by atoms with Crippen LogP contribution in [0.25, 0.3) is 0 Å². The standard InChI is InChI=1S/C40H65N3O4S/c1-27-15-18-31(47-24-10-23-41-36(44)14-7-6-13-35-37-34(26-48-35)42-38(45)43-37)25-30(27)17-16-29-12-9-22-40(5)32(19-20-33(29)40)28(2)11-8-21-39(3,4)46/h16-17,28,31-35,37,46H,1,6-15,18-26H2,2-5H3,(H,41,44)(H2,42,43,45)/b29-16+,30-17-/t28-,31+,32-,33+,34+,35+,37+,40-/m1/s1. The fraction of sp³-hybridized carbons (Fsp3) is 0.800. The summed E-state index contributed by atoms with van der Waals surface area (Å²) in [5, 5.41) is 19.7. The minimum Gasteiger partial charge on any atom is -0.390 e. The number of fused-ring (bicyclic) bond motifs is 2. The molecule has 48 heavy (non-hydrogen) atoms. The molecular weight excluding hydrogens is 619 g/mol. The highest BCUT2D eigenvalue weighted by Crippen LogP contribution is 2.60. The summed E-state index contributed by atoms with van der Waals surface area (Å²) in [6, 6.07) is 0.468. The van der Waals surface area contributed by atoms with Gasteiger partial charge in [-0.05, 0) is 120 Å². The summed E-state index contributed by atoms with van der Waals surface area (Å²) >= 11 is 1.93. The quantitative estimate of drug-likeness (QED) is 0.0977. The van der Waals surface area contributed by atoms with Gasteiger partial charge >= 0.3 is 6.03 Å². The number of carbonyl (C=O) groups excluding carboxylic acids is 2. The second-order valence-corrected chi connectivity index (χ2v) is 17.9. The molecule has 270 valence electrons. The minimum absolute atomic E-state index is 0.0385. The molecular formula is C40H65N3O4S. The minimum atomic E-state index is -0.558. The lowest BCUT2D eigenvalue weighted by molar-refractivity contribution is -0.121. The highest BCUT2D eigenvalue weighted by atomic mass is 32.2. The van der Waals surface area contributed by atoms with Crippen molar-refractivity contribution in [3.63, 3.8) is 0 Å². The molecule has 3 saturated carbocycles. The molecule has 0 aromatic heterocycles. The largest absolute Gasteiger partial charge is 0.390 e. The van der Waals surface area contributed by atoms with Crippen LogP contribution in [0.4, 0.5) is 4.79 Å². The molecule has 5 rings (SSSR count). The Kier molecular flexibility index (Phi) is 13.2. The maximum absolute atomic E-state index is 12.4. The molecule has 0 aromatic rings. The lowest BCUT2D eigenvalue weighted by Gasteiger charge is -2.44. The predicted octanol–water partition coefficient (Wildman–Crippen LogP) is 7.99. The smallest absolute Gasteiger partial charge is 0.315 e. The molecule has 5 fully saturated rings. The molecule has 2 aliphatic heterocycles. The summed E-state index contributed by atoms with van der Waals surface area (Å²) < 4.78 is 6.30. The second kappa shape index (κ2) is 17.0. The van der Waals surface area contributed by atoms with Crippen molar-refractivity contribution in [3.8, 4) is 0 Å². The Labute approximate surface area is 295 Å². The highest BCUT2D eigenvalue weighted by molar-refractivity contribution is 8.00. The van der Waals surface area contributed by atoms with Crippen LogP contribution < -0.4 is 16.0 Å². The number of allylic oxidation sites excluding steroid dienone is 4. The Hall–Kier alpha value is -1.77. The van der Waals surface area contributed by atoms with E-state index in [1.807, 2.05) is 25.6 Å². The van der Waals surface area contributed by atoms with Crippen molar-refractivity contribution in [3.05, 3.63) is 35.5 Å². The molecule has 0 unspecified atom stereocenters. The van der Waals surface area contributed by atoms with Crippen molar-refractivity contribution < 1.29 is 19.4 Å². The molecule has 0 aromatic carbocycles. The van der Waals surface area contributed by atoms with Crippen LogP contribution in [0, 0.1) is 23.2 Å². The normalized spacial score (nSPS) is 34.2. The molecule has 8 heteroatoms. The zero-order valence-corrected chi connectivity index (χ0v) is 31.2. The molecule has 4 N–H and O–H groups in total. The number of unbranched alkanes of at least 4 members (excludes halogenated alkanes) is 1. The van der Waals surface area contributed by atoms with Crippen LogP contribution in [-0.2, 0) is 9.53 Å². The molecule has 3 amide bonds. The lowest BCUT2D eigenvalue weighted by atomic mass is 9.60. The number of hydrogen-bond acceptors (Lipinski definition) is 5. The van der Waals surface area contributed by atoms with Gasteiger partial charge in [-0.2, -0.15) is 11.8 Å². The fourth-order valence-electron chi connectivity index (χ4n) is 9.71. The number of rotatable bonds is 16. The summed E-state index contributed by atoms with van der Waals surface area (Å²) in [6.45, 7) is 14.7. The van der Waals surface area contributed by atoms with Gasteiger partial charge in [0.1, 0.15) is 0 Å². The number of hydrogen-bond donors (Lipinski definition) is 4. The monoisotopic (exact) mass is 683 g/mol. The van der Waals surface area contributed by atoms with E-state index in [-0.39, 0.29) is 30.1 Å². The molecule has 3 aliphatic carbocycles. The fourth-order valence-corrected chi connectivity index (χ4v) is 11.3. The number of aliphatic hydroxyl groups is 1. The molecule has 7 nitrogen and oxygen atoms in total. The van der Waals surface area contributed by atoms with Crippen LogP contribution in [0.3, 0.4) is 0 Å². The van der Waals surface area contributed by atoms with Crippen molar-refractivity contribution in [2.75, 3.05) is 18.9 Å². The van der Waals surface area contributed by atoms with Gasteiger partial charge in [-0.1, -0.05) is 63.0 Å².